The molecule has 2 nitrogen and oxygen atoms in total. The largest absolute Gasteiger partial charge is 0.358 e. The lowest BCUT2D eigenvalue weighted by Crippen LogP contribution is -2.28. The van der Waals surface area contributed by atoms with E-state index in [2.05, 4.69) is 48.2 Å². The van der Waals surface area contributed by atoms with Crippen LogP contribution in [0.2, 0.25) is 0 Å². The van der Waals surface area contributed by atoms with Crippen LogP contribution >= 0.6 is 0 Å². The second-order valence-electron chi connectivity index (χ2n) is 4.65. The van der Waals surface area contributed by atoms with Crippen LogP contribution in [0.5, 0.6) is 0 Å². The molecule has 1 unspecified atom stereocenters. The predicted molar refractivity (Wildman–Crippen MR) is 63.2 cm³/mol. The van der Waals surface area contributed by atoms with Crippen LogP contribution in [0.25, 0.3) is 10.9 Å². The van der Waals surface area contributed by atoms with Crippen molar-refractivity contribution in [3.05, 3.63) is 35.5 Å². The molecule has 3 rings (SSSR count). The Hall–Kier alpha value is -1.28. The molecule has 0 fully saturated rings. The summed E-state index contributed by atoms with van der Waals surface area (Å²) in [6.07, 6.45) is 2.35. The van der Waals surface area contributed by atoms with E-state index < -0.39 is 0 Å². The fourth-order valence-electron chi connectivity index (χ4n) is 2.57. The van der Waals surface area contributed by atoms with E-state index >= 15 is 0 Å². The van der Waals surface area contributed by atoms with Gasteiger partial charge in [-0.15, -0.1) is 0 Å². The molecule has 15 heavy (non-hydrogen) atoms. The molecule has 1 heterocycles. The van der Waals surface area contributed by atoms with E-state index in [0.29, 0.717) is 6.04 Å². The van der Waals surface area contributed by atoms with Gasteiger partial charge >= 0.3 is 0 Å². The fourth-order valence-corrected chi connectivity index (χ4v) is 2.57. The minimum atomic E-state index is 0.677. The molecule has 1 aliphatic rings. The van der Waals surface area contributed by atoms with Crippen molar-refractivity contribution < 1.29 is 0 Å². The molecule has 1 aromatic carbocycles. The SMILES string of the molecule is CN(C)C1Cc2[nH]c3ccccc3c2C1. The Balaban J connectivity index is 2.08. The number of H-pyrrole nitrogens is 1. The van der Waals surface area contributed by atoms with Gasteiger partial charge in [-0.25, -0.2) is 0 Å². The van der Waals surface area contributed by atoms with Crippen molar-refractivity contribution in [3.63, 3.8) is 0 Å². The molecule has 0 saturated heterocycles. The molecule has 0 aliphatic heterocycles. The topological polar surface area (TPSA) is 19.0 Å². The summed E-state index contributed by atoms with van der Waals surface area (Å²) in [4.78, 5) is 5.86. The number of rotatable bonds is 1. The molecule has 78 valence electrons. The maximum absolute atomic E-state index is 3.53. The predicted octanol–water partition coefficient (Wildman–Crippen LogP) is 2.20. The van der Waals surface area contributed by atoms with Crippen LogP contribution in [0.15, 0.2) is 24.3 Å². The Kier molecular flexibility index (Phi) is 1.86. The van der Waals surface area contributed by atoms with Gasteiger partial charge in [0.25, 0.3) is 0 Å². The summed E-state index contributed by atoms with van der Waals surface area (Å²) in [5, 5.41) is 1.41. The second kappa shape index (κ2) is 3.11. The quantitative estimate of drug-likeness (QED) is 0.747. The molecule has 2 aromatic rings. The molecule has 0 amide bonds. The third kappa shape index (κ3) is 1.29. The molecule has 1 N–H and O–H groups in total. The summed E-state index contributed by atoms with van der Waals surface area (Å²) in [5.74, 6) is 0. The van der Waals surface area contributed by atoms with Gasteiger partial charge in [-0.2, -0.15) is 0 Å². The molecule has 0 spiro atoms. The third-order valence-electron chi connectivity index (χ3n) is 3.51. The first-order valence-corrected chi connectivity index (χ1v) is 5.50. The van der Waals surface area contributed by atoms with Gasteiger partial charge in [-0.05, 0) is 32.1 Å². The van der Waals surface area contributed by atoms with Crippen molar-refractivity contribution >= 4 is 10.9 Å². The molecular formula is C13H16N2. The Bertz CT molecular complexity index is 496. The first kappa shape index (κ1) is 8.98. The highest BCUT2D eigenvalue weighted by atomic mass is 15.1. The minimum Gasteiger partial charge on any atom is -0.358 e. The average Bonchev–Trinajstić information content (AvgIpc) is 2.73. The summed E-state index contributed by atoms with van der Waals surface area (Å²) in [6.45, 7) is 0. The lowest BCUT2D eigenvalue weighted by atomic mass is 10.1. The first-order valence-electron chi connectivity index (χ1n) is 5.50. The zero-order valence-electron chi connectivity index (χ0n) is 9.25. The minimum absolute atomic E-state index is 0.677. The normalized spacial score (nSPS) is 20.1. The van der Waals surface area contributed by atoms with Crippen LogP contribution in [-0.2, 0) is 12.8 Å². The van der Waals surface area contributed by atoms with Crippen molar-refractivity contribution in [2.75, 3.05) is 14.1 Å². The molecule has 2 heteroatoms. The van der Waals surface area contributed by atoms with Gasteiger partial charge < -0.3 is 9.88 Å². The maximum atomic E-state index is 3.53. The van der Waals surface area contributed by atoms with Crippen molar-refractivity contribution in [2.45, 2.75) is 18.9 Å². The van der Waals surface area contributed by atoms with Crippen LogP contribution in [0.4, 0.5) is 0 Å². The van der Waals surface area contributed by atoms with Crippen molar-refractivity contribution in [1.29, 1.82) is 0 Å². The number of nitrogens with zero attached hydrogens (tertiary/aromatic N) is 1. The Morgan fingerprint density at radius 1 is 1.20 bits per heavy atom. The number of aromatic nitrogens is 1. The van der Waals surface area contributed by atoms with Crippen molar-refractivity contribution in [1.82, 2.24) is 9.88 Å². The van der Waals surface area contributed by atoms with E-state index in [1.165, 1.54) is 28.6 Å². The van der Waals surface area contributed by atoms with E-state index in [0.717, 1.165) is 6.42 Å². The molecule has 1 aromatic heterocycles. The molecule has 0 saturated carbocycles. The van der Waals surface area contributed by atoms with Gasteiger partial charge in [-0.3, -0.25) is 0 Å². The number of para-hydroxylation sites is 1. The van der Waals surface area contributed by atoms with Crippen LogP contribution in [-0.4, -0.2) is 30.0 Å². The van der Waals surface area contributed by atoms with Crippen molar-refractivity contribution in [2.24, 2.45) is 0 Å². The number of fused-ring (bicyclic) bond motifs is 3. The lowest BCUT2D eigenvalue weighted by molar-refractivity contribution is 0.303. The fraction of sp³-hybridized carbons (Fsp3) is 0.385. The van der Waals surface area contributed by atoms with Gasteiger partial charge in [0, 0.05) is 29.1 Å². The van der Waals surface area contributed by atoms with E-state index in [9.17, 15) is 0 Å². The van der Waals surface area contributed by atoms with Crippen LogP contribution < -0.4 is 0 Å². The van der Waals surface area contributed by atoms with Crippen LogP contribution in [0.1, 0.15) is 11.3 Å². The standard InChI is InChI=1S/C13H16N2/c1-15(2)9-7-11-10-5-3-4-6-12(10)14-13(11)8-9/h3-6,9,14H,7-8H2,1-2H3. The third-order valence-corrected chi connectivity index (χ3v) is 3.51. The summed E-state index contributed by atoms with van der Waals surface area (Å²) < 4.78 is 0. The highest BCUT2D eigenvalue weighted by Crippen LogP contribution is 2.31. The van der Waals surface area contributed by atoms with Gasteiger partial charge in [0.2, 0.25) is 0 Å². The average molecular weight is 200 g/mol. The highest BCUT2D eigenvalue weighted by molar-refractivity contribution is 5.85. The molecule has 1 atom stereocenters. The molecule has 0 radical (unpaired) electrons. The Labute approximate surface area is 89.9 Å². The molecule has 1 aliphatic carbocycles. The van der Waals surface area contributed by atoms with Gasteiger partial charge in [0.1, 0.15) is 0 Å². The summed E-state index contributed by atoms with van der Waals surface area (Å²) in [7, 11) is 4.33. The number of nitrogens with one attached hydrogen (secondary N) is 1. The van der Waals surface area contributed by atoms with Crippen LogP contribution in [0, 0.1) is 0 Å². The highest BCUT2D eigenvalue weighted by Gasteiger charge is 2.26. The molecular weight excluding hydrogens is 184 g/mol. The summed E-state index contributed by atoms with van der Waals surface area (Å²) >= 11 is 0. The molecule has 0 bridgehead atoms. The lowest BCUT2D eigenvalue weighted by Gasteiger charge is -2.18. The smallest absolute Gasteiger partial charge is 0.0458 e. The number of aromatic amines is 1. The second-order valence-corrected chi connectivity index (χ2v) is 4.65. The zero-order chi connectivity index (χ0) is 10.4. The Morgan fingerprint density at radius 3 is 2.80 bits per heavy atom. The number of likely N-dealkylation sites (N-methyl/N-ethyl adjacent to an activating group) is 1. The maximum Gasteiger partial charge on any atom is 0.0458 e. The van der Waals surface area contributed by atoms with Crippen LogP contribution in [0.3, 0.4) is 0 Å². The van der Waals surface area contributed by atoms with E-state index in [1.54, 1.807) is 0 Å². The van der Waals surface area contributed by atoms with E-state index in [-0.39, 0.29) is 0 Å². The monoisotopic (exact) mass is 200 g/mol. The van der Waals surface area contributed by atoms with Gasteiger partial charge in [0.05, 0.1) is 0 Å². The summed E-state index contributed by atoms with van der Waals surface area (Å²) in [6, 6.07) is 9.29. The van der Waals surface area contributed by atoms with E-state index in [1.807, 2.05) is 0 Å². The van der Waals surface area contributed by atoms with Crippen molar-refractivity contribution in [3.8, 4) is 0 Å². The number of hydrogen-bond donors (Lipinski definition) is 1. The first-order chi connectivity index (χ1) is 7.25. The van der Waals surface area contributed by atoms with Gasteiger partial charge in [-0.1, -0.05) is 18.2 Å². The summed E-state index contributed by atoms with van der Waals surface area (Å²) in [5.41, 5.74) is 4.26. The van der Waals surface area contributed by atoms with E-state index in [4.69, 9.17) is 0 Å². The number of benzene rings is 1. The van der Waals surface area contributed by atoms with Gasteiger partial charge in [0.15, 0.2) is 0 Å². The number of hydrogen-bond acceptors (Lipinski definition) is 1. The zero-order valence-corrected chi connectivity index (χ0v) is 9.25. The Morgan fingerprint density at radius 2 is 2.00 bits per heavy atom.